The Morgan fingerprint density at radius 1 is 1.33 bits per heavy atom. The van der Waals surface area contributed by atoms with Gasteiger partial charge in [-0.25, -0.2) is 9.07 Å². The van der Waals surface area contributed by atoms with Crippen LogP contribution < -0.4 is 5.32 Å². The third kappa shape index (κ3) is 3.65. The standard InChI is InChI=1S/C15H19FN4O/c1-10(11-7-5-6-8-12(11)16)20-9-13(18-19-20)14(21)17-15(2,3)4/h5-10H,1-4H3,(H,17,21)/t10-/m0/s1. The van der Waals surface area contributed by atoms with E-state index >= 15 is 0 Å². The van der Waals surface area contributed by atoms with Crippen LogP contribution in [0.2, 0.25) is 0 Å². The molecular weight excluding hydrogens is 271 g/mol. The predicted octanol–water partition coefficient (Wildman–Crippen LogP) is 2.55. The first-order chi connectivity index (χ1) is 9.78. The highest BCUT2D eigenvalue weighted by Crippen LogP contribution is 2.19. The highest BCUT2D eigenvalue weighted by molar-refractivity contribution is 5.92. The first-order valence-electron chi connectivity index (χ1n) is 6.77. The van der Waals surface area contributed by atoms with Crippen molar-refractivity contribution in [3.8, 4) is 0 Å². The predicted molar refractivity (Wildman–Crippen MR) is 77.5 cm³/mol. The number of amides is 1. The van der Waals surface area contributed by atoms with Gasteiger partial charge in [0.2, 0.25) is 0 Å². The zero-order valence-corrected chi connectivity index (χ0v) is 12.6. The van der Waals surface area contributed by atoms with Crippen LogP contribution in [0.3, 0.4) is 0 Å². The fourth-order valence-corrected chi connectivity index (χ4v) is 1.93. The Labute approximate surface area is 123 Å². The molecule has 0 unspecified atom stereocenters. The molecule has 0 bridgehead atoms. The van der Waals surface area contributed by atoms with Crippen LogP contribution in [0.4, 0.5) is 4.39 Å². The summed E-state index contributed by atoms with van der Waals surface area (Å²) in [4.78, 5) is 12.0. The van der Waals surface area contributed by atoms with E-state index in [1.54, 1.807) is 25.1 Å². The molecule has 1 aromatic carbocycles. The Morgan fingerprint density at radius 2 is 2.00 bits per heavy atom. The molecule has 0 saturated carbocycles. The molecule has 6 heteroatoms. The number of aromatic nitrogens is 3. The van der Waals surface area contributed by atoms with E-state index in [4.69, 9.17) is 0 Å². The quantitative estimate of drug-likeness (QED) is 0.945. The molecule has 0 saturated heterocycles. The highest BCUT2D eigenvalue weighted by Gasteiger charge is 2.20. The Kier molecular flexibility index (Phi) is 4.06. The van der Waals surface area contributed by atoms with E-state index in [9.17, 15) is 9.18 Å². The molecule has 2 rings (SSSR count). The van der Waals surface area contributed by atoms with Gasteiger partial charge in [-0.1, -0.05) is 23.4 Å². The van der Waals surface area contributed by atoms with Crippen LogP contribution in [0.5, 0.6) is 0 Å². The minimum atomic E-state index is -0.349. The van der Waals surface area contributed by atoms with Gasteiger partial charge >= 0.3 is 0 Å². The molecule has 112 valence electrons. The Balaban J connectivity index is 2.20. The van der Waals surface area contributed by atoms with Crippen molar-refractivity contribution in [2.75, 3.05) is 0 Å². The van der Waals surface area contributed by atoms with Crippen molar-refractivity contribution in [3.05, 3.63) is 47.5 Å². The fraction of sp³-hybridized carbons (Fsp3) is 0.400. The molecule has 1 amide bonds. The van der Waals surface area contributed by atoms with E-state index in [0.29, 0.717) is 5.56 Å². The van der Waals surface area contributed by atoms with E-state index in [-0.39, 0.29) is 29.0 Å². The van der Waals surface area contributed by atoms with Crippen LogP contribution >= 0.6 is 0 Å². The van der Waals surface area contributed by atoms with Crippen LogP contribution in [0.15, 0.2) is 30.5 Å². The van der Waals surface area contributed by atoms with Crippen molar-refractivity contribution in [3.63, 3.8) is 0 Å². The summed E-state index contributed by atoms with van der Waals surface area (Å²) in [6, 6.07) is 6.15. The van der Waals surface area contributed by atoms with E-state index in [1.807, 2.05) is 20.8 Å². The molecule has 0 aliphatic rings. The minimum absolute atomic E-state index is 0.216. The largest absolute Gasteiger partial charge is 0.346 e. The summed E-state index contributed by atoms with van der Waals surface area (Å²) in [5.74, 6) is -0.601. The van der Waals surface area contributed by atoms with Crippen molar-refractivity contribution in [1.29, 1.82) is 0 Å². The van der Waals surface area contributed by atoms with Gasteiger partial charge in [-0.2, -0.15) is 0 Å². The lowest BCUT2D eigenvalue weighted by Crippen LogP contribution is -2.40. The number of carbonyl (C=O) groups excluding carboxylic acids is 1. The van der Waals surface area contributed by atoms with E-state index in [0.717, 1.165) is 0 Å². The first-order valence-corrected chi connectivity index (χ1v) is 6.77. The van der Waals surface area contributed by atoms with E-state index in [2.05, 4.69) is 15.6 Å². The van der Waals surface area contributed by atoms with Crippen LogP contribution in [-0.4, -0.2) is 26.4 Å². The van der Waals surface area contributed by atoms with Gasteiger partial charge in [0, 0.05) is 11.1 Å². The Bertz CT molecular complexity index is 645. The monoisotopic (exact) mass is 290 g/mol. The highest BCUT2D eigenvalue weighted by atomic mass is 19.1. The van der Waals surface area contributed by atoms with Crippen LogP contribution in [0.1, 0.15) is 49.8 Å². The Hall–Kier alpha value is -2.24. The van der Waals surface area contributed by atoms with Crippen LogP contribution in [-0.2, 0) is 0 Å². The van der Waals surface area contributed by atoms with E-state index in [1.165, 1.54) is 16.9 Å². The molecule has 2 aromatic rings. The second-order valence-corrected chi connectivity index (χ2v) is 5.99. The molecule has 1 aromatic heterocycles. The topological polar surface area (TPSA) is 59.8 Å². The maximum absolute atomic E-state index is 13.8. The summed E-state index contributed by atoms with van der Waals surface area (Å²) < 4.78 is 15.3. The van der Waals surface area contributed by atoms with Gasteiger partial charge in [0.05, 0.1) is 12.2 Å². The molecule has 0 spiro atoms. The number of rotatable bonds is 3. The molecule has 1 N–H and O–H groups in total. The van der Waals surface area contributed by atoms with Gasteiger partial charge in [-0.15, -0.1) is 5.10 Å². The molecule has 0 aliphatic heterocycles. The number of nitrogens with one attached hydrogen (secondary N) is 1. The molecule has 0 aliphatic carbocycles. The van der Waals surface area contributed by atoms with Crippen molar-refractivity contribution in [1.82, 2.24) is 20.3 Å². The molecule has 0 fully saturated rings. The third-order valence-electron chi connectivity index (χ3n) is 2.98. The van der Waals surface area contributed by atoms with Crippen molar-refractivity contribution in [2.24, 2.45) is 0 Å². The third-order valence-corrected chi connectivity index (χ3v) is 2.98. The van der Waals surface area contributed by atoms with Gasteiger partial charge in [-0.3, -0.25) is 4.79 Å². The van der Waals surface area contributed by atoms with Crippen LogP contribution in [0.25, 0.3) is 0 Å². The summed E-state index contributed by atoms with van der Waals surface area (Å²) in [5, 5.41) is 10.6. The summed E-state index contributed by atoms with van der Waals surface area (Å²) in [7, 11) is 0. The summed E-state index contributed by atoms with van der Waals surface area (Å²) in [5.41, 5.74) is 0.371. The lowest BCUT2D eigenvalue weighted by molar-refractivity contribution is 0.0914. The van der Waals surface area contributed by atoms with Gasteiger partial charge in [0.25, 0.3) is 5.91 Å². The van der Waals surface area contributed by atoms with Gasteiger partial charge < -0.3 is 5.32 Å². The molecule has 5 nitrogen and oxygen atoms in total. The maximum Gasteiger partial charge on any atom is 0.273 e. The van der Waals surface area contributed by atoms with Crippen molar-refractivity contribution in [2.45, 2.75) is 39.3 Å². The number of hydrogen-bond acceptors (Lipinski definition) is 3. The second-order valence-electron chi connectivity index (χ2n) is 5.99. The smallest absolute Gasteiger partial charge is 0.273 e. The normalized spacial score (nSPS) is 13.0. The average molecular weight is 290 g/mol. The second kappa shape index (κ2) is 5.63. The lowest BCUT2D eigenvalue weighted by atomic mass is 10.1. The van der Waals surface area contributed by atoms with Gasteiger partial charge in [0.15, 0.2) is 5.69 Å². The Morgan fingerprint density at radius 3 is 2.62 bits per heavy atom. The van der Waals surface area contributed by atoms with Gasteiger partial charge in [-0.05, 0) is 33.8 Å². The average Bonchev–Trinajstić information content (AvgIpc) is 2.86. The maximum atomic E-state index is 13.8. The fourth-order valence-electron chi connectivity index (χ4n) is 1.93. The lowest BCUT2D eigenvalue weighted by Gasteiger charge is -2.19. The molecular formula is C15H19FN4O. The number of benzene rings is 1. The van der Waals surface area contributed by atoms with Gasteiger partial charge in [0.1, 0.15) is 5.82 Å². The summed E-state index contributed by atoms with van der Waals surface area (Å²) in [6.07, 6.45) is 1.53. The first kappa shape index (κ1) is 15.2. The minimum Gasteiger partial charge on any atom is -0.346 e. The SMILES string of the molecule is C[C@@H](c1ccccc1F)n1cc(C(=O)NC(C)(C)C)nn1. The number of nitrogens with zero attached hydrogens (tertiary/aromatic N) is 3. The van der Waals surface area contributed by atoms with Crippen LogP contribution in [0, 0.1) is 5.82 Å². The number of carbonyl (C=O) groups is 1. The van der Waals surface area contributed by atoms with Crippen molar-refractivity contribution < 1.29 is 9.18 Å². The zero-order valence-electron chi connectivity index (χ0n) is 12.6. The zero-order chi connectivity index (χ0) is 15.6. The molecule has 0 radical (unpaired) electrons. The summed E-state index contributed by atoms with van der Waals surface area (Å²) in [6.45, 7) is 7.46. The number of hydrogen-bond donors (Lipinski definition) is 1. The molecule has 1 atom stereocenters. The molecule has 1 heterocycles. The van der Waals surface area contributed by atoms with Crippen molar-refractivity contribution >= 4 is 5.91 Å². The molecule has 21 heavy (non-hydrogen) atoms. The number of halogens is 1. The van der Waals surface area contributed by atoms with E-state index < -0.39 is 0 Å². The summed E-state index contributed by atoms with van der Waals surface area (Å²) >= 11 is 0.